The van der Waals surface area contributed by atoms with Crippen molar-refractivity contribution in [3.05, 3.63) is 87.5 Å². The van der Waals surface area contributed by atoms with Gasteiger partial charge in [0.1, 0.15) is 5.69 Å². The number of H-pyrrole nitrogens is 1. The molecular weight excluding hydrogens is 454 g/mol. The Bertz CT molecular complexity index is 1170. The van der Waals surface area contributed by atoms with Crippen LogP contribution >= 0.6 is 11.6 Å². The number of Topliss-reactive ketones (excluding diaryl/α,β-unsaturated/α-hetero) is 1. The van der Waals surface area contributed by atoms with Crippen molar-refractivity contribution in [2.45, 2.75) is 40.2 Å². The summed E-state index contributed by atoms with van der Waals surface area (Å²) in [7, 11) is 0. The fourth-order valence-electron chi connectivity index (χ4n) is 3.89. The fourth-order valence-corrected chi connectivity index (χ4v) is 4.01. The van der Waals surface area contributed by atoms with Gasteiger partial charge in [-0.1, -0.05) is 17.7 Å². The molecule has 178 valence electrons. The molecule has 8 heteroatoms. The van der Waals surface area contributed by atoms with Crippen molar-refractivity contribution in [2.24, 2.45) is 0 Å². The summed E-state index contributed by atoms with van der Waals surface area (Å²) >= 11 is 5.99. The zero-order valence-electron chi connectivity index (χ0n) is 19.7. The van der Waals surface area contributed by atoms with E-state index in [1.807, 2.05) is 18.2 Å². The number of halogens is 1. The molecule has 0 aliphatic rings. The van der Waals surface area contributed by atoms with Crippen LogP contribution in [-0.4, -0.2) is 51.7 Å². The molecule has 0 fully saturated rings. The number of pyridine rings is 1. The summed E-state index contributed by atoms with van der Waals surface area (Å²) in [4.78, 5) is 48.2. The topological polar surface area (TPSA) is 92.4 Å². The SMILES string of the molecule is CCOC(=O)c1[nH]c(C)c(C(=O)[C@@H](C)N(CCc2ccccn2)C(=O)c2ccc(Cl)cc2)c1C. The molecule has 2 aromatic heterocycles. The van der Waals surface area contributed by atoms with Gasteiger partial charge in [0.15, 0.2) is 5.78 Å². The highest BCUT2D eigenvalue weighted by Crippen LogP contribution is 2.23. The smallest absolute Gasteiger partial charge is 0.355 e. The summed E-state index contributed by atoms with van der Waals surface area (Å²) in [6, 6.07) is 11.4. The number of benzene rings is 1. The van der Waals surface area contributed by atoms with Crippen molar-refractivity contribution in [3.63, 3.8) is 0 Å². The summed E-state index contributed by atoms with van der Waals surface area (Å²) < 4.78 is 5.09. The molecule has 0 aliphatic heterocycles. The molecule has 3 aromatic rings. The van der Waals surface area contributed by atoms with Crippen molar-refractivity contribution in [1.82, 2.24) is 14.9 Å². The van der Waals surface area contributed by atoms with Gasteiger partial charge < -0.3 is 14.6 Å². The summed E-state index contributed by atoms with van der Waals surface area (Å²) in [5.74, 6) is -1.06. The van der Waals surface area contributed by atoms with Gasteiger partial charge in [0.25, 0.3) is 5.91 Å². The zero-order chi connectivity index (χ0) is 24.8. The maximum atomic E-state index is 13.6. The van der Waals surface area contributed by atoms with E-state index in [1.165, 1.54) is 4.90 Å². The average Bonchev–Trinajstić information content (AvgIpc) is 3.13. The minimum Gasteiger partial charge on any atom is -0.461 e. The molecule has 0 aliphatic carbocycles. The van der Waals surface area contributed by atoms with Crippen molar-refractivity contribution < 1.29 is 19.1 Å². The lowest BCUT2D eigenvalue weighted by Crippen LogP contribution is -2.44. The summed E-state index contributed by atoms with van der Waals surface area (Å²) in [6.45, 7) is 7.37. The van der Waals surface area contributed by atoms with Crippen molar-refractivity contribution in [1.29, 1.82) is 0 Å². The normalized spacial score (nSPS) is 11.7. The van der Waals surface area contributed by atoms with E-state index in [-0.39, 0.29) is 24.0 Å². The lowest BCUT2D eigenvalue weighted by molar-refractivity contribution is 0.0519. The molecule has 1 atom stereocenters. The number of ether oxygens (including phenoxy) is 1. The highest BCUT2D eigenvalue weighted by molar-refractivity contribution is 6.30. The molecule has 0 bridgehead atoms. The Morgan fingerprint density at radius 2 is 1.82 bits per heavy atom. The van der Waals surface area contributed by atoms with Crippen LogP contribution in [0.5, 0.6) is 0 Å². The number of amides is 1. The summed E-state index contributed by atoms with van der Waals surface area (Å²) in [5, 5.41) is 0.519. The maximum absolute atomic E-state index is 13.6. The van der Waals surface area contributed by atoms with Gasteiger partial charge in [-0.15, -0.1) is 0 Å². The molecule has 34 heavy (non-hydrogen) atoms. The van der Waals surface area contributed by atoms with Crippen LogP contribution in [0.25, 0.3) is 0 Å². The third kappa shape index (κ3) is 5.54. The number of hydrogen-bond donors (Lipinski definition) is 1. The first-order valence-corrected chi connectivity index (χ1v) is 11.5. The zero-order valence-corrected chi connectivity index (χ0v) is 20.5. The molecule has 2 heterocycles. The maximum Gasteiger partial charge on any atom is 0.355 e. The van der Waals surface area contributed by atoms with E-state index in [0.717, 1.165) is 5.69 Å². The fraction of sp³-hybridized carbons (Fsp3) is 0.308. The first-order valence-electron chi connectivity index (χ1n) is 11.1. The van der Waals surface area contributed by atoms with Gasteiger partial charge in [0.05, 0.1) is 12.6 Å². The Morgan fingerprint density at radius 1 is 1.12 bits per heavy atom. The van der Waals surface area contributed by atoms with Gasteiger partial charge in [-0.25, -0.2) is 4.79 Å². The highest BCUT2D eigenvalue weighted by atomic mass is 35.5. The first-order chi connectivity index (χ1) is 16.2. The monoisotopic (exact) mass is 481 g/mol. The van der Waals surface area contributed by atoms with Crippen LogP contribution in [0.2, 0.25) is 5.02 Å². The number of nitrogens with one attached hydrogen (secondary N) is 1. The number of aromatic nitrogens is 2. The molecule has 1 aromatic carbocycles. The quantitative estimate of drug-likeness (QED) is 0.349. The van der Waals surface area contributed by atoms with E-state index < -0.39 is 12.0 Å². The number of ketones is 1. The van der Waals surface area contributed by atoms with Crippen LogP contribution in [0.1, 0.15) is 62.0 Å². The number of carbonyl (C=O) groups is 3. The third-order valence-corrected chi connectivity index (χ3v) is 5.95. The van der Waals surface area contributed by atoms with Crippen LogP contribution in [-0.2, 0) is 11.2 Å². The second-order valence-electron chi connectivity index (χ2n) is 7.96. The number of nitrogens with zero attached hydrogens (tertiary/aromatic N) is 2. The largest absolute Gasteiger partial charge is 0.461 e. The molecule has 0 spiro atoms. The predicted molar refractivity (Wildman–Crippen MR) is 130 cm³/mol. The van der Waals surface area contributed by atoms with Crippen LogP contribution in [0.4, 0.5) is 0 Å². The van der Waals surface area contributed by atoms with E-state index in [2.05, 4.69) is 9.97 Å². The van der Waals surface area contributed by atoms with Gasteiger partial charge in [0.2, 0.25) is 0 Å². The van der Waals surface area contributed by atoms with Gasteiger partial charge in [-0.2, -0.15) is 0 Å². The number of esters is 1. The molecule has 7 nitrogen and oxygen atoms in total. The van der Waals surface area contributed by atoms with Gasteiger partial charge in [-0.3, -0.25) is 14.6 Å². The van der Waals surface area contributed by atoms with Crippen LogP contribution in [0.3, 0.4) is 0 Å². The van der Waals surface area contributed by atoms with Gasteiger partial charge >= 0.3 is 5.97 Å². The number of aromatic amines is 1. The van der Waals surface area contributed by atoms with Gasteiger partial charge in [-0.05, 0) is 69.7 Å². The Labute approximate surface area is 204 Å². The van der Waals surface area contributed by atoms with Gasteiger partial charge in [0, 0.05) is 46.7 Å². The van der Waals surface area contributed by atoms with Crippen LogP contribution < -0.4 is 0 Å². The Kier molecular flexibility index (Phi) is 8.23. The lowest BCUT2D eigenvalue weighted by atomic mass is 9.99. The average molecular weight is 482 g/mol. The van der Waals surface area contributed by atoms with Crippen LogP contribution in [0, 0.1) is 13.8 Å². The summed E-state index contributed by atoms with van der Waals surface area (Å²) in [5.41, 5.74) is 2.95. The molecular formula is C26H28ClN3O4. The molecule has 1 amide bonds. The first kappa shape index (κ1) is 25.2. The molecule has 1 N–H and O–H groups in total. The Morgan fingerprint density at radius 3 is 2.44 bits per heavy atom. The van der Waals surface area contributed by atoms with E-state index in [9.17, 15) is 14.4 Å². The minimum atomic E-state index is -0.782. The summed E-state index contributed by atoms with van der Waals surface area (Å²) in [6.07, 6.45) is 2.18. The molecule has 3 rings (SSSR count). The Balaban J connectivity index is 1.93. The van der Waals surface area contributed by atoms with E-state index in [1.54, 1.807) is 58.2 Å². The second kappa shape index (κ2) is 11.1. The van der Waals surface area contributed by atoms with Crippen molar-refractivity contribution >= 4 is 29.3 Å². The lowest BCUT2D eigenvalue weighted by Gasteiger charge is -2.29. The van der Waals surface area contributed by atoms with E-state index >= 15 is 0 Å². The molecule has 0 unspecified atom stereocenters. The number of carbonyl (C=O) groups excluding carboxylic acids is 3. The van der Waals surface area contributed by atoms with Crippen LogP contribution in [0.15, 0.2) is 48.7 Å². The highest BCUT2D eigenvalue weighted by Gasteiger charge is 2.31. The second-order valence-corrected chi connectivity index (χ2v) is 8.40. The molecule has 0 saturated carbocycles. The third-order valence-electron chi connectivity index (χ3n) is 5.70. The number of hydrogen-bond acceptors (Lipinski definition) is 5. The molecule has 0 saturated heterocycles. The van der Waals surface area contributed by atoms with Crippen molar-refractivity contribution in [3.8, 4) is 0 Å². The van der Waals surface area contributed by atoms with E-state index in [0.29, 0.717) is 40.4 Å². The standard InChI is InChI=1S/C26H28ClN3O4/c1-5-34-26(33)23-16(2)22(17(3)29-23)24(31)18(4)30(15-13-21-8-6-7-14-28-21)25(32)19-9-11-20(27)12-10-19/h6-12,14,18,29H,5,13,15H2,1-4H3/t18-/m1/s1. The van der Waals surface area contributed by atoms with Crippen molar-refractivity contribution in [2.75, 3.05) is 13.2 Å². The molecule has 0 radical (unpaired) electrons. The Hall–Kier alpha value is -3.45. The van der Waals surface area contributed by atoms with E-state index in [4.69, 9.17) is 16.3 Å². The number of aryl methyl sites for hydroxylation is 1. The minimum absolute atomic E-state index is 0.229. The predicted octanol–water partition coefficient (Wildman–Crippen LogP) is 4.81. The number of rotatable bonds is 9.